The summed E-state index contributed by atoms with van der Waals surface area (Å²) < 4.78 is 1.38. The van der Waals surface area contributed by atoms with Gasteiger partial charge >= 0.3 is 0 Å². The van der Waals surface area contributed by atoms with E-state index in [0.29, 0.717) is 10.2 Å². The zero-order chi connectivity index (χ0) is 22.2. The summed E-state index contributed by atoms with van der Waals surface area (Å²) in [5, 5.41) is 7.47. The van der Waals surface area contributed by atoms with E-state index in [1.165, 1.54) is 27.8 Å². The summed E-state index contributed by atoms with van der Waals surface area (Å²) in [6, 6.07) is 19.8. The molecular weight excluding hydrogens is 418 g/mol. The summed E-state index contributed by atoms with van der Waals surface area (Å²) in [5.74, 6) is -0.270. The molecule has 0 spiro atoms. The summed E-state index contributed by atoms with van der Waals surface area (Å²) >= 11 is 1.44. The molecule has 5 rings (SSSR count). The average Bonchev–Trinajstić information content (AvgIpc) is 3.21. The number of rotatable bonds is 4. The third-order valence-electron chi connectivity index (χ3n) is 5.61. The van der Waals surface area contributed by atoms with E-state index in [1.807, 2.05) is 73.8 Å². The van der Waals surface area contributed by atoms with E-state index >= 15 is 0 Å². The fraction of sp³-hybridized carbons (Fsp3) is 0.115. The molecule has 0 aliphatic heterocycles. The number of amides is 1. The van der Waals surface area contributed by atoms with Gasteiger partial charge in [0.1, 0.15) is 11.4 Å². The fourth-order valence-electron chi connectivity index (χ4n) is 4.07. The molecular formula is C26H21N3O2S. The Bertz CT molecular complexity index is 1540. The van der Waals surface area contributed by atoms with Crippen LogP contribution in [-0.4, -0.2) is 15.5 Å². The van der Waals surface area contributed by atoms with Gasteiger partial charge in [-0.15, -0.1) is 11.3 Å². The van der Waals surface area contributed by atoms with Crippen LogP contribution in [0.25, 0.3) is 32.1 Å². The number of carbonyl (C=O) groups excluding carboxylic acids is 1. The Labute approximate surface area is 189 Å². The van der Waals surface area contributed by atoms with Crippen LogP contribution in [-0.2, 0) is 11.3 Å². The van der Waals surface area contributed by atoms with Crippen molar-refractivity contribution < 1.29 is 4.79 Å². The lowest BCUT2D eigenvalue weighted by atomic mass is 9.99. The number of fused-ring (bicyclic) bond motifs is 2. The number of nitrogens with zero attached hydrogens (tertiary/aromatic N) is 2. The lowest BCUT2D eigenvalue weighted by Gasteiger charge is -2.10. The van der Waals surface area contributed by atoms with E-state index in [2.05, 4.69) is 16.4 Å². The van der Waals surface area contributed by atoms with Crippen molar-refractivity contribution >= 4 is 43.9 Å². The zero-order valence-corrected chi connectivity index (χ0v) is 18.6. The normalized spacial score (nSPS) is 11.2. The molecule has 1 amide bonds. The van der Waals surface area contributed by atoms with Crippen LogP contribution in [0.15, 0.2) is 77.2 Å². The number of hydrogen-bond acceptors (Lipinski definition) is 4. The molecule has 5 aromatic rings. The molecule has 0 radical (unpaired) electrons. The van der Waals surface area contributed by atoms with E-state index in [0.717, 1.165) is 33.2 Å². The fourth-order valence-corrected chi connectivity index (χ4v) is 4.97. The zero-order valence-electron chi connectivity index (χ0n) is 17.8. The third-order valence-corrected chi connectivity index (χ3v) is 6.50. The van der Waals surface area contributed by atoms with Crippen LogP contribution in [0.4, 0.5) is 5.69 Å². The van der Waals surface area contributed by atoms with E-state index in [9.17, 15) is 9.59 Å². The van der Waals surface area contributed by atoms with Gasteiger partial charge in [-0.05, 0) is 36.4 Å². The van der Waals surface area contributed by atoms with E-state index < -0.39 is 0 Å². The second kappa shape index (κ2) is 8.05. The summed E-state index contributed by atoms with van der Waals surface area (Å²) in [6.07, 6.45) is 1.45. The number of hydrogen-bond donors (Lipinski definition) is 1. The Morgan fingerprint density at radius 2 is 1.84 bits per heavy atom. The number of nitrogens with one attached hydrogen (secondary N) is 1. The van der Waals surface area contributed by atoms with Crippen LogP contribution in [0.1, 0.15) is 11.1 Å². The molecule has 32 heavy (non-hydrogen) atoms. The van der Waals surface area contributed by atoms with Gasteiger partial charge in [-0.2, -0.15) is 0 Å². The van der Waals surface area contributed by atoms with Crippen molar-refractivity contribution in [3.8, 4) is 11.1 Å². The van der Waals surface area contributed by atoms with E-state index in [1.54, 1.807) is 0 Å². The van der Waals surface area contributed by atoms with Crippen LogP contribution in [0.3, 0.4) is 0 Å². The number of aryl methyl sites for hydroxylation is 2. The van der Waals surface area contributed by atoms with Crippen LogP contribution in [0.2, 0.25) is 0 Å². The maximum Gasteiger partial charge on any atom is 0.263 e. The Balaban J connectivity index is 1.49. The van der Waals surface area contributed by atoms with Gasteiger partial charge in [0.05, 0.1) is 11.7 Å². The first-order chi connectivity index (χ1) is 15.5. The Morgan fingerprint density at radius 1 is 1.03 bits per heavy atom. The monoisotopic (exact) mass is 439 g/mol. The van der Waals surface area contributed by atoms with Crippen LogP contribution in [0, 0.1) is 13.8 Å². The van der Waals surface area contributed by atoms with Gasteiger partial charge in [0, 0.05) is 22.0 Å². The van der Waals surface area contributed by atoms with Crippen molar-refractivity contribution in [1.29, 1.82) is 0 Å². The standard InChI is InChI=1S/C26H21N3O2S/c1-16-10-11-19(17(2)12-16)21-14-32-25-24(21)26(31)29(15-27-25)13-23(30)28-22-9-5-7-18-6-3-4-8-20(18)22/h3-12,14-15H,13H2,1-2H3,(H,28,30). The highest BCUT2D eigenvalue weighted by atomic mass is 32.1. The summed E-state index contributed by atoms with van der Waals surface area (Å²) in [5.41, 5.74) is 4.67. The average molecular weight is 440 g/mol. The maximum atomic E-state index is 13.3. The van der Waals surface area contributed by atoms with Gasteiger partial charge in [-0.3, -0.25) is 14.2 Å². The molecule has 0 atom stereocenters. The number of anilines is 1. The number of aromatic nitrogens is 2. The minimum atomic E-state index is -0.270. The molecule has 158 valence electrons. The lowest BCUT2D eigenvalue weighted by molar-refractivity contribution is -0.116. The second-order valence-electron chi connectivity index (χ2n) is 7.90. The third kappa shape index (κ3) is 3.59. The van der Waals surface area contributed by atoms with Gasteiger partial charge in [0.25, 0.3) is 5.56 Å². The number of benzene rings is 3. The van der Waals surface area contributed by atoms with Crippen molar-refractivity contribution in [3.63, 3.8) is 0 Å². The molecule has 0 bridgehead atoms. The minimum Gasteiger partial charge on any atom is -0.324 e. The Morgan fingerprint density at radius 3 is 2.69 bits per heavy atom. The molecule has 2 aromatic heterocycles. The SMILES string of the molecule is Cc1ccc(-c2csc3ncn(CC(=O)Nc4cccc5ccccc45)c(=O)c23)c(C)c1. The molecule has 2 heterocycles. The molecule has 0 saturated heterocycles. The lowest BCUT2D eigenvalue weighted by Crippen LogP contribution is -2.27. The van der Waals surface area contributed by atoms with Crippen molar-refractivity contribution in [3.05, 3.63) is 93.9 Å². The molecule has 1 N–H and O–H groups in total. The van der Waals surface area contributed by atoms with Crippen molar-refractivity contribution in [2.45, 2.75) is 20.4 Å². The summed E-state index contributed by atoms with van der Waals surface area (Å²) in [6.45, 7) is 3.98. The van der Waals surface area contributed by atoms with Crippen molar-refractivity contribution in [2.75, 3.05) is 5.32 Å². The molecule has 0 aliphatic carbocycles. The molecule has 6 heteroatoms. The number of carbonyl (C=O) groups is 1. The number of thiophene rings is 1. The summed E-state index contributed by atoms with van der Waals surface area (Å²) in [7, 11) is 0. The first kappa shape index (κ1) is 20.2. The van der Waals surface area contributed by atoms with E-state index in [4.69, 9.17) is 0 Å². The van der Waals surface area contributed by atoms with Gasteiger partial charge in [-0.1, -0.05) is 60.2 Å². The first-order valence-electron chi connectivity index (χ1n) is 10.3. The minimum absolute atomic E-state index is 0.104. The van der Waals surface area contributed by atoms with E-state index in [-0.39, 0.29) is 18.0 Å². The van der Waals surface area contributed by atoms with Crippen molar-refractivity contribution in [2.24, 2.45) is 0 Å². The molecule has 3 aromatic carbocycles. The molecule has 0 fully saturated rings. The highest BCUT2D eigenvalue weighted by Crippen LogP contribution is 2.33. The highest BCUT2D eigenvalue weighted by molar-refractivity contribution is 7.17. The molecule has 0 saturated carbocycles. The van der Waals surface area contributed by atoms with Gasteiger partial charge < -0.3 is 5.32 Å². The van der Waals surface area contributed by atoms with Gasteiger partial charge in [0.2, 0.25) is 5.91 Å². The second-order valence-corrected chi connectivity index (χ2v) is 8.76. The highest BCUT2D eigenvalue weighted by Gasteiger charge is 2.16. The van der Waals surface area contributed by atoms with Crippen molar-refractivity contribution in [1.82, 2.24) is 9.55 Å². The van der Waals surface area contributed by atoms with Gasteiger partial charge in [-0.25, -0.2) is 4.98 Å². The predicted molar refractivity (Wildman–Crippen MR) is 131 cm³/mol. The van der Waals surface area contributed by atoms with Crippen LogP contribution in [0.5, 0.6) is 0 Å². The predicted octanol–water partition coefficient (Wildman–Crippen LogP) is 5.53. The van der Waals surface area contributed by atoms with Gasteiger partial charge in [0.15, 0.2) is 0 Å². The smallest absolute Gasteiger partial charge is 0.263 e. The Kier molecular flexibility index (Phi) is 5.07. The molecule has 5 nitrogen and oxygen atoms in total. The maximum absolute atomic E-state index is 13.3. The Hall–Kier alpha value is -3.77. The molecule has 0 unspecified atom stereocenters. The van der Waals surface area contributed by atoms with Crippen LogP contribution < -0.4 is 10.9 Å². The van der Waals surface area contributed by atoms with Crippen LogP contribution >= 0.6 is 11.3 Å². The largest absolute Gasteiger partial charge is 0.324 e. The molecule has 0 aliphatic rings. The summed E-state index contributed by atoms with van der Waals surface area (Å²) in [4.78, 5) is 31.2. The quantitative estimate of drug-likeness (QED) is 0.400. The topological polar surface area (TPSA) is 64.0 Å². The first-order valence-corrected chi connectivity index (χ1v) is 11.2.